The van der Waals surface area contributed by atoms with Gasteiger partial charge in [-0.2, -0.15) is 0 Å². The van der Waals surface area contributed by atoms with Gasteiger partial charge in [0.05, 0.1) is 6.10 Å². The highest BCUT2D eigenvalue weighted by molar-refractivity contribution is 9.10. The zero-order valence-corrected chi connectivity index (χ0v) is 10.8. The molecule has 1 aromatic carbocycles. The number of thiophene rings is 1. The van der Waals surface area contributed by atoms with E-state index in [1.807, 2.05) is 11.4 Å². The Hall–Kier alpha value is -0.710. The van der Waals surface area contributed by atoms with Gasteiger partial charge < -0.3 is 5.11 Å². The zero-order chi connectivity index (χ0) is 11.5. The third kappa shape index (κ3) is 2.90. The van der Waals surface area contributed by atoms with Crippen molar-refractivity contribution < 1.29 is 9.50 Å². The molecule has 84 valence electrons. The van der Waals surface area contributed by atoms with Gasteiger partial charge in [-0.3, -0.25) is 0 Å². The number of aliphatic hydroxyl groups excluding tert-OH is 1. The van der Waals surface area contributed by atoms with Crippen LogP contribution < -0.4 is 0 Å². The van der Waals surface area contributed by atoms with Gasteiger partial charge in [-0.15, -0.1) is 11.3 Å². The monoisotopic (exact) mass is 300 g/mol. The van der Waals surface area contributed by atoms with Gasteiger partial charge in [0.15, 0.2) is 0 Å². The molecule has 1 heterocycles. The molecule has 2 aromatic rings. The van der Waals surface area contributed by atoms with E-state index in [2.05, 4.69) is 15.9 Å². The second kappa shape index (κ2) is 5.08. The topological polar surface area (TPSA) is 20.2 Å². The first kappa shape index (κ1) is 11.8. The lowest BCUT2D eigenvalue weighted by Gasteiger charge is -2.09. The van der Waals surface area contributed by atoms with Crippen LogP contribution in [0.25, 0.3) is 0 Å². The number of rotatable bonds is 3. The van der Waals surface area contributed by atoms with Crippen molar-refractivity contribution in [3.8, 4) is 0 Å². The SMILES string of the molecule is OC(Cc1cc(Br)cs1)c1cccc(F)c1. The van der Waals surface area contributed by atoms with E-state index in [4.69, 9.17) is 0 Å². The molecule has 16 heavy (non-hydrogen) atoms. The standard InChI is InChI=1S/C12H10BrFOS/c13-9-5-11(16-7-9)6-12(15)8-2-1-3-10(14)4-8/h1-5,7,12,15H,6H2. The lowest BCUT2D eigenvalue weighted by Crippen LogP contribution is -2.00. The summed E-state index contributed by atoms with van der Waals surface area (Å²) in [6, 6.07) is 8.05. The number of hydrogen-bond donors (Lipinski definition) is 1. The van der Waals surface area contributed by atoms with Crippen molar-refractivity contribution >= 4 is 27.3 Å². The molecule has 0 fully saturated rings. The molecule has 0 bridgehead atoms. The molecule has 0 radical (unpaired) electrons. The van der Waals surface area contributed by atoms with E-state index in [-0.39, 0.29) is 5.82 Å². The molecule has 1 aromatic heterocycles. The summed E-state index contributed by atoms with van der Waals surface area (Å²) in [5, 5.41) is 11.9. The van der Waals surface area contributed by atoms with Crippen LogP contribution >= 0.6 is 27.3 Å². The van der Waals surface area contributed by atoms with Crippen LogP contribution in [0.4, 0.5) is 4.39 Å². The van der Waals surface area contributed by atoms with Gasteiger partial charge in [-0.05, 0) is 39.7 Å². The summed E-state index contributed by atoms with van der Waals surface area (Å²) in [4.78, 5) is 1.07. The third-order valence-electron chi connectivity index (χ3n) is 2.25. The van der Waals surface area contributed by atoms with Gasteiger partial charge in [0, 0.05) is 21.2 Å². The Kier molecular flexibility index (Phi) is 3.74. The molecule has 0 aliphatic carbocycles. The molecular weight excluding hydrogens is 291 g/mol. The van der Waals surface area contributed by atoms with E-state index in [0.717, 1.165) is 9.35 Å². The summed E-state index contributed by atoms with van der Waals surface area (Å²) in [7, 11) is 0. The van der Waals surface area contributed by atoms with Crippen molar-refractivity contribution in [2.75, 3.05) is 0 Å². The van der Waals surface area contributed by atoms with E-state index < -0.39 is 6.10 Å². The molecular formula is C12H10BrFOS. The second-order valence-electron chi connectivity index (χ2n) is 3.51. The molecule has 1 atom stereocenters. The smallest absolute Gasteiger partial charge is 0.123 e. The highest BCUT2D eigenvalue weighted by atomic mass is 79.9. The normalized spacial score (nSPS) is 12.7. The average molecular weight is 301 g/mol. The Labute approximate surface area is 106 Å². The van der Waals surface area contributed by atoms with Crippen molar-refractivity contribution in [3.63, 3.8) is 0 Å². The molecule has 1 N–H and O–H groups in total. The number of aliphatic hydroxyl groups is 1. The maximum atomic E-state index is 13.0. The quantitative estimate of drug-likeness (QED) is 0.911. The summed E-state index contributed by atoms with van der Waals surface area (Å²) in [5.41, 5.74) is 0.615. The molecule has 0 saturated heterocycles. The van der Waals surface area contributed by atoms with Crippen LogP contribution in [0.2, 0.25) is 0 Å². The first-order valence-corrected chi connectivity index (χ1v) is 6.49. The molecule has 0 amide bonds. The van der Waals surface area contributed by atoms with Crippen LogP contribution in [0.15, 0.2) is 40.2 Å². The fourth-order valence-electron chi connectivity index (χ4n) is 1.48. The summed E-state index contributed by atoms with van der Waals surface area (Å²) in [6.07, 6.45) is -0.138. The van der Waals surface area contributed by atoms with E-state index in [1.165, 1.54) is 12.1 Å². The van der Waals surface area contributed by atoms with Crippen LogP contribution in [0.3, 0.4) is 0 Å². The maximum absolute atomic E-state index is 13.0. The van der Waals surface area contributed by atoms with Crippen molar-refractivity contribution in [2.45, 2.75) is 12.5 Å². The molecule has 0 aliphatic heterocycles. The number of hydrogen-bond acceptors (Lipinski definition) is 2. The van der Waals surface area contributed by atoms with Crippen LogP contribution in [0.5, 0.6) is 0 Å². The Balaban J connectivity index is 2.11. The van der Waals surface area contributed by atoms with Crippen LogP contribution in [-0.4, -0.2) is 5.11 Å². The molecule has 0 spiro atoms. The predicted octanol–water partition coefficient (Wildman–Crippen LogP) is 3.93. The van der Waals surface area contributed by atoms with Crippen molar-refractivity contribution in [1.29, 1.82) is 0 Å². The molecule has 1 unspecified atom stereocenters. The van der Waals surface area contributed by atoms with E-state index >= 15 is 0 Å². The van der Waals surface area contributed by atoms with Gasteiger partial charge in [-0.1, -0.05) is 12.1 Å². The number of benzene rings is 1. The Morgan fingerprint density at radius 2 is 2.19 bits per heavy atom. The minimum absolute atomic E-state index is 0.316. The van der Waals surface area contributed by atoms with Crippen LogP contribution in [0, 0.1) is 5.82 Å². The Bertz CT molecular complexity index is 483. The van der Waals surface area contributed by atoms with Crippen molar-refractivity contribution in [1.82, 2.24) is 0 Å². The molecule has 0 aliphatic rings. The van der Waals surface area contributed by atoms with Gasteiger partial charge in [0.25, 0.3) is 0 Å². The first-order chi connectivity index (χ1) is 7.65. The van der Waals surface area contributed by atoms with Crippen LogP contribution in [0.1, 0.15) is 16.5 Å². The largest absolute Gasteiger partial charge is 0.388 e. The summed E-state index contributed by atoms with van der Waals surface area (Å²) >= 11 is 4.93. The van der Waals surface area contributed by atoms with Crippen molar-refractivity contribution in [3.05, 3.63) is 56.4 Å². The maximum Gasteiger partial charge on any atom is 0.123 e. The molecule has 0 saturated carbocycles. The summed E-state index contributed by atoms with van der Waals surface area (Å²) < 4.78 is 14.0. The van der Waals surface area contributed by atoms with E-state index in [1.54, 1.807) is 23.5 Å². The average Bonchev–Trinajstić information content (AvgIpc) is 2.64. The first-order valence-electron chi connectivity index (χ1n) is 4.81. The molecule has 2 rings (SSSR count). The molecule has 1 nitrogen and oxygen atoms in total. The second-order valence-corrected chi connectivity index (χ2v) is 5.42. The third-order valence-corrected chi connectivity index (χ3v) is 3.97. The Morgan fingerprint density at radius 3 is 2.81 bits per heavy atom. The zero-order valence-electron chi connectivity index (χ0n) is 8.36. The fourth-order valence-corrected chi connectivity index (χ4v) is 2.97. The summed E-state index contributed by atoms with van der Waals surface area (Å²) in [5.74, 6) is -0.316. The Morgan fingerprint density at radius 1 is 1.38 bits per heavy atom. The van der Waals surface area contributed by atoms with Gasteiger partial charge in [0.1, 0.15) is 5.82 Å². The van der Waals surface area contributed by atoms with Gasteiger partial charge in [-0.25, -0.2) is 4.39 Å². The van der Waals surface area contributed by atoms with E-state index in [9.17, 15) is 9.50 Å². The minimum atomic E-state index is -0.652. The summed E-state index contributed by atoms with van der Waals surface area (Å²) in [6.45, 7) is 0. The van der Waals surface area contributed by atoms with Gasteiger partial charge >= 0.3 is 0 Å². The number of halogens is 2. The van der Waals surface area contributed by atoms with Crippen LogP contribution in [-0.2, 0) is 6.42 Å². The lowest BCUT2D eigenvalue weighted by atomic mass is 10.1. The fraction of sp³-hybridized carbons (Fsp3) is 0.167. The molecule has 4 heteroatoms. The lowest BCUT2D eigenvalue weighted by molar-refractivity contribution is 0.179. The highest BCUT2D eigenvalue weighted by Crippen LogP contribution is 2.25. The highest BCUT2D eigenvalue weighted by Gasteiger charge is 2.10. The van der Waals surface area contributed by atoms with Gasteiger partial charge in [0.2, 0.25) is 0 Å². The minimum Gasteiger partial charge on any atom is -0.388 e. The van der Waals surface area contributed by atoms with Crippen molar-refractivity contribution in [2.24, 2.45) is 0 Å². The predicted molar refractivity (Wildman–Crippen MR) is 67.1 cm³/mol. The van der Waals surface area contributed by atoms with E-state index in [0.29, 0.717) is 12.0 Å².